The fourth-order valence-corrected chi connectivity index (χ4v) is 0.787. The second-order valence-corrected chi connectivity index (χ2v) is 2.09. The molecule has 0 aromatic carbocycles. The highest BCUT2D eigenvalue weighted by molar-refractivity contribution is 6.12. The number of carbonyl (C=O) groups excluding carboxylic acids is 2. The van der Waals surface area contributed by atoms with Gasteiger partial charge >= 0.3 is 0 Å². The number of nitrogens with zero attached hydrogens (tertiary/aromatic N) is 1. The Hall–Kier alpha value is -1.32. The zero-order valence-electron chi connectivity index (χ0n) is 5.50. The van der Waals surface area contributed by atoms with Crippen molar-refractivity contribution in [2.24, 2.45) is 0 Å². The third kappa shape index (κ3) is 0.775. The minimum Gasteiger partial charge on any atom is -0.515 e. The molecular formula is C6H7NO3. The topological polar surface area (TPSA) is 57.6 Å². The Labute approximate surface area is 57.7 Å². The number of likely N-dealkylation sites (N-methyl/N-ethyl adjacent to an activating group) is 1. The van der Waals surface area contributed by atoms with Gasteiger partial charge in [-0.2, -0.15) is 0 Å². The fraction of sp³-hybridized carbons (Fsp3) is 0.333. The van der Waals surface area contributed by atoms with Crippen molar-refractivity contribution >= 4 is 11.8 Å². The van der Waals surface area contributed by atoms with Crippen LogP contribution in [0.25, 0.3) is 0 Å². The van der Waals surface area contributed by atoms with E-state index in [1.54, 1.807) is 0 Å². The van der Waals surface area contributed by atoms with Gasteiger partial charge in [-0.05, 0) is 0 Å². The first-order valence-corrected chi connectivity index (χ1v) is 2.81. The molecule has 0 aromatic heterocycles. The summed E-state index contributed by atoms with van der Waals surface area (Å²) in [7, 11) is 1.39. The fourth-order valence-electron chi connectivity index (χ4n) is 0.787. The van der Waals surface area contributed by atoms with Crippen molar-refractivity contribution in [3.63, 3.8) is 0 Å². The smallest absolute Gasteiger partial charge is 0.259 e. The van der Waals surface area contributed by atoms with E-state index in [9.17, 15) is 9.59 Å². The molecule has 1 N–H and O–H groups in total. The molecule has 4 nitrogen and oxygen atoms in total. The van der Waals surface area contributed by atoms with E-state index in [0.717, 1.165) is 4.90 Å². The van der Waals surface area contributed by atoms with Gasteiger partial charge in [-0.1, -0.05) is 0 Å². The summed E-state index contributed by atoms with van der Waals surface area (Å²) >= 11 is 0. The molecule has 1 aliphatic rings. The average molecular weight is 141 g/mol. The zero-order valence-corrected chi connectivity index (χ0v) is 5.50. The number of carbonyl (C=O) groups is 2. The molecule has 2 amide bonds. The van der Waals surface area contributed by atoms with E-state index in [-0.39, 0.29) is 17.9 Å². The molecule has 1 heterocycles. The van der Waals surface area contributed by atoms with Gasteiger partial charge < -0.3 is 5.11 Å². The van der Waals surface area contributed by atoms with Crippen molar-refractivity contribution in [3.05, 3.63) is 11.8 Å². The minimum absolute atomic E-state index is 0.0197. The molecule has 10 heavy (non-hydrogen) atoms. The van der Waals surface area contributed by atoms with E-state index in [4.69, 9.17) is 5.11 Å². The molecule has 0 unspecified atom stereocenters. The molecule has 0 radical (unpaired) electrons. The van der Waals surface area contributed by atoms with Crippen LogP contribution < -0.4 is 0 Å². The first kappa shape index (κ1) is 6.80. The molecule has 1 rings (SSSR count). The van der Waals surface area contributed by atoms with E-state index >= 15 is 0 Å². The number of aliphatic hydroxyl groups excluding tert-OH is 1. The van der Waals surface area contributed by atoms with Crippen molar-refractivity contribution in [1.82, 2.24) is 4.90 Å². The van der Waals surface area contributed by atoms with Crippen LogP contribution in [0.4, 0.5) is 0 Å². The molecule has 1 saturated heterocycles. The van der Waals surface area contributed by atoms with Crippen LogP contribution in [0.2, 0.25) is 0 Å². The molecule has 1 fully saturated rings. The standard InChI is InChI=1S/C6H7NO3/c1-7-5(9)2-4(3-8)6(7)10/h3,8H,2H2,1H3/b4-3+. The number of amides is 2. The summed E-state index contributed by atoms with van der Waals surface area (Å²) in [5.41, 5.74) is 0.160. The predicted octanol–water partition coefficient (Wildman–Crippen LogP) is -0.183. The zero-order chi connectivity index (χ0) is 7.72. The number of rotatable bonds is 0. The number of hydrogen-bond donors (Lipinski definition) is 1. The SMILES string of the molecule is CN1C(=O)C/C(=C\O)C1=O. The van der Waals surface area contributed by atoms with Crippen LogP contribution in [-0.4, -0.2) is 28.9 Å². The Morgan fingerprint density at radius 3 is 2.40 bits per heavy atom. The molecule has 1 aliphatic heterocycles. The molecule has 4 heteroatoms. The first-order chi connectivity index (χ1) is 4.66. The lowest BCUT2D eigenvalue weighted by Crippen LogP contribution is -2.23. The van der Waals surface area contributed by atoms with Crippen molar-refractivity contribution in [3.8, 4) is 0 Å². The van der Waals surface area contributed by atoms with Gasteiger partial charge in [0, 0.05) is 7.05 Å². The monoisotopic (exact) mass is 141 g/mol. The van der Waals surface area contributed by atoms with Crippen molar-refractivity contribution in [2.75, 3.05) is 7.05 Å². The molecule has 0 saturated carbocycles. The molecule has 0 atom stereocenters. The highest BCUT2D eigenvalue weighted by Gasteiger charge is 2.30. The Balaban J connectivity index is 2.92. The van der Waals surface area contributed by atoms with Gasteiger partial charge in [0.1, 0.15) is 0 Å². The Morgan fingerprint density at radius 2 is 2.20 bits per heavy atom. The van der Waals surface area contributed by atoms with Crippen LogP contribution in [0, 0.1) is 0 Å². The van der Waals surface area contributed by atoms with Crippen molar-refractivity contribution < 1.29 is 14.7 Å². The van der Waals surface area contributed by atoms with Crippen LogP contribution >= 0.6 is 0 Å². The van der Waals surface area contributed by atoms with Crippen LogP contribution in [-0.2, 0) is 9.59 Å². The molecule has 54 valence electrons. The van der Waals surface area contributed by atoms with Gasteiger partial charge in [-0.25, -0.2) is 0 Å². The van der Waals surface area contributed by atoms with E-state index in [1.807, 2.05) is 0 Å². The average Bonchev–Trinajstić information content (AvgIpc) is 2.17. The summed E-state index contributed by atoms with van der Waals surface area (Å²) in [5, 5.41) is 8.41. The lowest BCUT2D eigenvalue weighted by molar-refractivity contribution is -0.135. The quantitative estimate of drug-likeness (QED) is 0.289. The van der Waals surface area contributed by atoms with Crippen LogP contribution in [0.15, 0.2) is 11.8 Å². The first-order valence-electron chi connectivity index (χ1n) is 2.81. The number of imide groups is 1. The lowest BCUT2D eigenvalue weighted by Gasteiger charge is -2.01. The van der Waals surface area contributed by atoms with Crippen LogP contribution in [0.1, 0.15) is 6.42 Å². The highest BCUT2D eigenvalue weighted by atomic mass is 16.2. The Kier molecular flexibility index (Phi) is 1.45. The van der Waals surface area contributed by atoms with Crippen molar-refractivity contribution in [2.45, 2.75) is 6.42 Å². The van der Waals surface area contributed by atoms with Gasteiger partial charge in [0.2, 0.25) is 5.91 Å². The molecular weight excluding hydrogens is 134 g/mol. The Morgan fingerprint density at radius 1 is 1.60 bits per heavy atom. The van der Waals surface area contributed by atoms with Crippen molar-refractivity contribution in [1.29, 1.82) is 0 Å². The number of aliphatic hydroxyl groups is 1. The second kappa shape index (κ2) is 2.13. The lowest BCUT2D eigenvalue weighted by atomic mass is 10.2. The number of hydrogen-bond acceptors (Lipinski definition) is 3. The van der Waals surface area contributed by atoms with Gasteiger partial charge in [0.25, 0.3) is 5.91 Å². The molecule has 0 spiro atoms. The van der Waals surface area contributed by atoms with E-state index in [0.29, 0.717) is 6.26 Å². The third-order valence-electron chi connectivity index (χ3n) is 1.45. The van der Waals surface area contributed by atoms with Gasteiger partial charge in [-0.3, -0.25) is 14.5 Å². The second-order valence-electron chi connectivity index (χ2n) is 2.09. The van der Waals surface area contributed by atoms with Crippen LogP contribution in [0.5, 0.6) is 0 Å². The predicted molar refractivity (Wildman–Crippen MR) is 33.1 cm³/mol. The summed E-state index contributed by atoms with van der Waals surface area (Å²) in [4.78, 5) is 22.5. The maximum atomic E-state index is 10.8. The van der Waals surface area contributed by atoms with E-state index < -0.39 is 5.91 Å². The summed E-state index contributed by atoms with van der Waals surface area (Å²) in [5.74, 6) is -0.683. The highest BCUT2D eigenvalue weighted by Crippen LogP contribution is 2.15. The number of likely N-dealkylation sites (tertiary alicyclic amines) is 1. The van der Waals surface area contributed by atoms with Gasteiger partial charge in [-0.15, -0.1) is 0 Å². The molecule has 0 aliphatic carbocycles. The third-order valence-corrected chi connectivity index (χ3v) is 1.45. The van der Waals surface area contributed by atoms with Gasteiger partial charge in [0.15, 0.2) is 0 Å². The largest absolute Gasteiger partial charge is 0.515 e. The summed E-state index contributed by atoms with van der Waals surface area (Å²) in [6.07, 6.45) is 0.704. The molecule has 0 bridgehead atoms. The van der Waals surface area contributed by atoms with E-state index in [1.165, 1.54) is 7.05 Å². The maximum Gasteiger partial charge on any atom is 0.259 e. The van der Waals surface area contributed by atoms with Crippen LogP contribution in [0.3, 0.4) is 0 Å². The Bertz CT molecular complexity index is 219. The van der Waals surface area contributed by atoms with Gasteiger partial charge in [0.05, 0.1) is 18.3 Å². The minimum atomic E-state index is -0.410. The normalized spacial score (nSPS) is 22.9. The summed E-state index contributed by atoms with van der Waals surface area (Å²) < 4.78 is 0. The summed E-state index contributed by atoms with van der Waals surface area (Å²) in [6, 6.07) is 0. The maximum absolute atomic E-state index is 10.8. The molecule has 0 aromatic rings. The van der Waals surface area contributed by atoms with E-state index in [2.05, 4.69) is 0 Å². The summed E-state index contributed by atoms with van der Waals surface area (Å²) in [6.45, 7) is 0.